The van der Waals surface area contributed by atoms with Gasteiger partial charge in [0, 0.05) is 6.54 Å². The highest BCUT2D eigenvalue weighted by Crippen LogP contribution is 2.23. The average Bonchev–Trinajstić information content (AvgIpc) is 2.52. The number of alkyl halides is 3. The van der Waals surface area contributed by atoms with Gasteiger partial charge in [-0.1, -0.05) is 42.5 Å². The molecule has 7 heteroatoms. The number of nitrogens with one attached hydrogen (secondary N) is 2. The van der Waals surface area contributed by atoms with Crippen molar-refractivity contribution < 1.29 is 22.7 Å². The smallest absolute Gasteiger partial charge is 0.370 e. The van der Waals surface area contributed by atoms with Crippen LogP contribution in [0.1, 0.15) is 18.5 Å². The lowest BCUT2D eigenvalue weighted by Gasteiger charge is -2.17. The number of benzene rings is 2. The largest absolute Gasteiger partial charge is 0.411 e. The molecule has 0 bridgehead atoms. The second kappa shape index (κ2) is 8.01. The van der Waals surface area contributed by atoms with Crippen molar-refractivity contribution in [1.29, 1.82) is 0 Å². The predicted molar refractivity (Wildman–Crippen MR) is 85.8 cm³/mol. The number of hydrogen-bond acceptors (Lipinski definition) is 2. The molecule has 2 rings (SSSR count). The summed E-state index contributed by atoms with van der Waals surface area (Å²) >= 11 is 0. The highest BCUT2D eigenvalue weighted by molar-refractivity contribution is 5.86. The number of amides is 2. The first-order chi connectivity index (χ1) is 11.4. The summed E-state index contributed by atoms with van der Waals surface area (Å²) in [5.41, 5.74) is 0.969. The van der Waals surface area contributed by atoms with Crippen LogP contribution in [0.25, 0.3) is 10.8 Å². The van der Waals surface area contributed by atoms with Crippen LogP contribution in [0.4, 0.5) is 18.0 Å². The maximum Gasteiger partial charge on any atom is 0.411 e. The van der Waals surface area contributed by atoms with Crippen LogP contribution in [0.2, 0.25) is 0 Å². The van der Waals surface area contributed by atoms with Gasteiger partial charge < -0.3 is 15.4 Å². The molecule has 130 valence electrons. The molecule has 2 aromatic carbocycles. The Morgan fingerprint density at radius 1 is 1.17 bits per heavy atom. The van der Waals surface area contributed by atoms with Gasteiger partial charge in [-0.25, -0.2) is 4.79 Å². The summed E-state index contributed by atoms with van der Waals surface area (Å²) in [5, 5.41) is 7.36. The Morgan fingerprint density at radius 2 is 1.88 bits per heavy atom. The highest BCUT2D eigenvalue weighted by atomic mass is 19.4. The molecule has 0 radical (unpaired) electrons. The number of carbonyl (C=O) groups is 1. The molecule has 0 saturated heterocycles. The van der Waals surface area contributed by atoms with Gasteiger partial charge >= 0.3 is 12.2 Å². The molecule has 2 amide bonds. The fourth-order valence-electron chi connectivity index (χ4n) is 2.38. The van der Waals surface area contributed by atoms with E-state index < -0.39 is 18.8 Å². The number of hydrogen-bond donors (Lipinski definition) is 2. The van der Waals surface area contributed by atoms with Crippen LogP contribution in [0.15, 0.2) is 42.5 Å². The molecular formula is C17H19F3N2O2. The minimum Gasteiger partial charge on any atom is -0.370 e. The van der Waals surface area contributed by atoms with E-state index in [1.165, 1.54) is 0 Å². The summed E-state index contributed by atoms with van der Waals surface area (Å²) in [6, 6.07) is 13.0. The van der Waals surface area contributed by atoms with Crippen molar-refractivity contribution in [3.05, 3.63) is 48.0 Å². The first-order valence-electron chi connectivity index (χ1n) is 7.53. The lowest BCUT2D eigenvalue weighted by molar-refractivity contribution is -0.173. The van der Waals surface area contributed by atoms with Gasteiger partial charge in [-0.05, 0) is 23.3 Å². The van der Waals surface area contributed by atoms with Crippen LogP contribution in [-0.4, -0.2) is 32.0 Å². The molecule has 0 spiro atoms. The summed E-state index contributed by atoms with van der Waals surface area (Å²) in [7, 11) is 0. The molecule has 0 aliphatic rings. The normalized spacial score (nSPS) is 12.8. The Labute approximate surface area is 138 Å². The summed E-state index contributed by atoms with van der Waals surface area (Å²) in [4.78, 5) is 11.8. The number of halogens is 3. The molecule has 0 heterocycles. The third-order valence-corrected chi connectivity index (χ3v) is 3.44. The van der Waals surface area contributed by atoms with Crippen molar-refractivity contribution in [1.82, 2.24) is 10.6 Å². The molecule has 2 N–H and O–H groups in total. The lowest BCUT2D eigenvalue weighted by Crippen LogP contribution is -2.39. The monoisotopic (exact) mass is 340 g/mol. The topological polar surface area (TPSA) is 50.4 Å². The minimum atomic E-state index is -4.36. The second-order valence-corrected chi connectivity index (χ2v) is 5.36. The van der Waals surface area contributed by atoms with Crippen LogP contribution < -0.4 is 10.6 Å². The van der Waals surface area contributed by atoms with Gasteiger partial charge in [0.2, 0.25) is 0 Å². The van der Waals surface area contributed by atoms with Gasteiger partial charge in [-0.2, -0.15) is 13.2 Å². The summed E-state index contributed by atoms with van der Waals surface area (Å²) in [6.07, 6.45) is -4.36. The van der Waals surface area contributed by atoms with E-state index in [4.69, 9.17) is 0 Å². The summed E-state index contributed by atoms with van der Waals surface area (Å²) < 4.78 is 40.1. The van der Waals surface area contributed by atoms with Crippen molar-refractivity contribution >= 4 is 16.8 Å². The first-order valence-corrected chi connectivity index (χ1v) is 7.53. The number of urea groups is 1. The fraction of sp³-hybridized carbons (Fsp3) is 0.353. The van der Waals surface area contributed by atoms with Gasteiger partial charge in [-0.15, -0.1) is 0 Å². The Kier molecular flexibility index (Phi) is 6.03. The number of ether oxygens (including phenoxy) is 1. The molecule has 1 atom stereocenters. The Morgan fingerprint density at radius 3 is 2.62 bits per heavy atom. The quantitative estimate of drug-likeness (QED) is 0.787. The predicted octanol–water partition coefficient (Wildman–Crippen LogP) is 3.78. The van der Waals surface area contributed by atoms with Crippen molar-refractivity contribution in [2.75, 3.05) is 19.8 Å². The molecule has 1 unspecified atom stereocenters. The third kappa shape index (κ3) is 5.42. The molecule has 24 heavy (non-hydrogen) atoms. The van der Waals surface area contributed by atoms with Crippen LogP contribution in [0.3, 0.4) is 0 Å². The van der Waals surface area contributed by atoms with Gasteiger partial charge in [0.1, 0.15) is 6.61 Å². The van der Waals surface area contributed by atoms with E-state index in [1.54, 1.807) is 0 Å². The summed E-state index contributed by atoms with van der Waals surface area (Å²) in [6.45, 7) is 0.337. The van der Waals surface area contributed by atoms with E-state index in [0.717, 1.165) is 16.3 Å². The van der Waals surface area contributed by atoms with Crippen molar-refractivity contribution in [3.63, 3.8) is 0 Å². The molecule has 0 fully saturated rings. The average molecular weight is 340 g/mol. The molecular weight excluding hydrogens is 321 g/mol. The van der Waals surface area contributed by atoms with Crippen LogP contribution in [-0.2, 0) is 4.74 Å². The van der Waals surface area contributed by atoms with E-state index in [9.17, 15) is 18.0 Å². The Bertz CT molecular complexity index is 684. The first kappa shape index (κ1) is 18.1. The zero-order chi connectivity index (χ0) is 17.6. The van der Waals surface area contributed by atoms with Crippen LogP contribution >= 0.6 is 0 Å². The molecule has 4 nitrogen and oxygen atoms in total. The summed E-state index contributed by atoms with van der Waals surface area (Å²) in [5.74, 6) is 0. The van der Waals surface area contributed by atoms with Crippen LogP contribution in [0.5, 0.6) is 0 Å². The van der Waals surface area contributed by atoms with E-state index >= 15 is 0 Å². The fourth-order valence-corrected chi connectivity index (χ4v) is 2.38. The van der Waals surface area contributed by atoms with E-state index in [-0.39, 0.29) is 19.2 Å². The van der Waals surface area contributed by atoms with Crippen molar-refractivity contribution in [2.24, 2.45) is 0 Å². The molecule has 0 aliphatic carbocycles. The SMILES string of the molecule is CC(NC(=O)NCCOCC(F)(F)F)c1cccc2ccccc12. The standard InChI is InChI=1S/C17H19F3N2O2/c1-12(14-8-4-6-13-5-2-3-7-15(13)14)22-16(23)21-9-10-24-11-17(18,19)20/h2-8,12H,9-11H2,1H3,(H2,21,22,23). The van der Waals surface area contributed by atoms with Gasteiger partial charge in [0.05, 0.1) is 12.6 Å². The zero-order valence-corrected chi connectivity index (χ0v) is 13.2. The Balaban J connectivity index is 1.83. The lowest BCUT2D eigenvalue weighted by atomic mass is 10.00. The van der Waals surface area contributed by atoms with Crippen molar-refractivity contribution in [2.45, 2.75) is 19.1 Å². The van der Waals surface area contributed by atoms with Crippen molar-refractivity contribution in [3.8, 4) is 0 Å². The molecule has 0 aromatic heterocycles. The Hall–Kier alpha value is -2.28. The van der Waals surface area contributed by atoms with Gasteiger partial charge in [-0.3, -0.25) is 0 Å². The van der Waals surface area contributed by atoms with E-state index in [2.05, 4.69) is 15.4 Å². The van der Waals surface area contributed by atoms with Gasteiger partial charge in [0.25, 0.3) is 0 Å². The third-order valence-electron chi connectivity index (χ3n) is 3.44. The van der Waals surface area contributed by atoms with E-state index in [1.807, 2.05) is 49.4 Å². The van der Waals surface area contributed by atoms with Gasteiger partial charge in [0.15, 0.2) is 0 Å². The zero-order valence-electron chi connectivity index (χ0n) is 13.2. The maximum atomic E-state index is 11.9. The van der Waals surface area contributed by atoms with Crippen LogP contribution in [0, 0.1) is 0 Å². The van der Waals surface area contributed by atoms with E-state index in [0.29, 0.717) is 0 Å². The number of rotatable bonds is 6. The minimum absolute atomic E-state index is 0.00414. The number of carbonyl (C=O) groups excluding carboxylic acids is 1. The molecule has 0 aliphatic heterocycles. The molecule has 0 saturated carbocycles. The molecule has 2 aromatic rings. The number of fused-ring (bicyclic) bond motifs is 1. The highest BCUT2D eigenvalue weighted by Gasteiger charge is 2.27. The second-order valence-electron chi connectivity index (χ2n) is 5.36. The maximum absolute atomic E-state index is 11.9.